The van der Waals surface area contributed by atoms with Crippen LogP contribution in [0.4, 0.5) is 5.69 Å². The molecular weight excluding hydrogens is 306 g/mol. The molecule has 0 aliphatic carbocycles. The first-order valence-electron chi connectivity index (χ1n) is 8.70. The van der Waals surface area contributed by atoms with Gasteiger partial charge in [-0.05, 0) is 24.6 Å². The van der Waals surface area contributed by atoms with Gasteiger partial charge in [-0.3, -0.25) is 9.69 Å². The number of rotatable bonds is 5. The molecule has 1 amide bonds. The quantitative estimate of drug-likeness (QED) is 0.748. The molecule has 2 saturated heterocycles. The van der Waals surface area contributed by atoms with E-state index in [0.29, 0.717) is 39.1 Å². The lowest BCUT2D eigenvalue weighted by atomic mass is 9.87. The Morgan fingerprint density at radius 3 is 2.96 bits per heavy atom. The Hall–Kier alpha value is -1.63. The van der Waals surface area contributed by atoms with Gasteiger partial charge in [-0.25, -0.2) is 0 Å². The number of piperazine rings is 1. The number of carbonyl (C=O) groups is 1. The van der Waals surface area contributed by atoms with Crippen LogP contribution in [0, 0.1) is 0 Å². The monoisotopic (exact) mass is 333 g/mol. The predicted molar refractivity (Wildman–Crippen MR) is 92.8 cm³/mol. The van der Waals surface area contributed by atoms with Gasteiger partial charge >= 0.3 is 0 Å². The second-order valence-corrected chi connectivity index (χ2v) is 6.84. The molecule has 0 spiro atoms. The second-order valence-electron chi connectivity index (χ2n) is 6.84. The van der Waals surface area contributed by atoms with Crippen LogP contribution in [0.1, 0.15) is 25.3 Å². The highest BCUT2D eigenvalue weighted by Gasteiger charge is 2.35. The molecule has 0 radical (unpaired) electrons. The van der Waals surface area contributed by atoms with Crippen molar-refractivity contribution in [2.75, 3.05) is 38.2 Å². The van der Waals surface area contributed by atoms with Crippen LogP contribution in [0.3, 0.4) is 0 Å². The number of aliphatic hydroxyl groups is 1. The third kappa shape index (κ3) is 4.26. The molecule has 0 aromatic heterocycles. The summed E-state index contributed by atoms with van der Waals surface area (Å²) in [5.74, 6) is 0.0888. The van der Waals surface area contributed by atoms with E-state index in [4.69, 9.17) is 4.74 Å². The summed E-state index contributed by atoms with van der Waals surface area (Å²) < 4.78 is 5.35. The summed E-state index contributed by atoms with van der Waals surface area (Å²) in [7, 11) is 0. The van der Waals surface area contributed by atoms with Gasteiger partial charge in [-0.15, -0.1) is 0 Å². The number of nitrogens with one attached hydrogen (secondary N) is 2. The summed E-state index contributed by atoms with van der Waals surface area (Å²) in [6.07, 6.45) is 1.31. The standard InChI is InChI=1S/C18H27N3O3/c1-14(18(23)5-9-24-10-6-18)20-16-4-2-3-15(11-16)12-21-8-7-19-17(22)13-21/h2-4,11,14,20,23H,5-10,12-13H2,1H3,(H,19,22). The van der Waals surface area contributed by atoms with Crippen LogP contribution in [0.2, 0.25) is 0 Å². The molecule has 6 nitrogen and oxygen atoms in total. The zero-order valence-electron chi connectivity index (χ0n) is 14.3. The van der Waals surface area contributed by atoms with Gasteiger partial charge in [0.05, 0.1) is 18.2 Å². The maximum Gasteiger partial charge on any atom is 0.234 e. The van der Waals surface area contributed by atoms with Crippen LogP contribution in [0.15, 0.2) is 24.3 Å². The van der Waals surface area contributed by atoms with E-state index in [-0.39, 0.29) is 11.9 Å². The van der Waals surface area contributed by atoms with Crippen LogP contribution in [0.5, 0.6) is 0 Å². The number of amides is 1. The lowest BCUT2D eigenvalue weighted by molar-refractivity contribution is -0.124. The molecule has 0 saturated carbocycles. The number of nitrogens with zero attached hydrogens (tertiary/aromatic N) is 1. The minimum Gasteiger partial charge on any atom is -0.388 e. The van der Waals surface area contributed by atoms with Gasteiger partial charge in [-0.2, -0.15) is 0 Å². The van der Waals surface area contributed by atoms with E-state index in [1.165, 1.54) is 5.56 Å². The highest BCUT2D eigenvalue weighted by atomic mass is 16.5. The van der Waals surface area contributed by atoms with Crippen molar-refractivity contribution >= 4 is 11.6 Å². The third-order valence-electron chi connectivity index (χ3n) is 5.00. The fourth-order valence-corrected chi connectivity index (χ4v) is 3.39. The average Bonchev–Trinajstić information content (AvgIpc) is 2.56. The van der Waals surface area contributed by atoms with Crippen LogP contribution >= 0.6 is 0 Å². The minimum atomic E-state index is -0.723. The summed E-state index contributed by atoms with van der Waals surface area (Å²) in [5.41, 5.74) is 1.45. The number of hydrogen-bond acceptors (Lipinski definition) is 5. The van der Waals surface area contributed by atoms with Crippen molar-refractivity contribution in [1.82, 2.24) is 10.2 Å². The van der Waals surface area contributed by atoms with Gasteiger partial charge in [0.25, 0.3) is 0 Å². The van der Waals surface area contributed by atoms with Crippen LogP contribution in [-0.4, -0.2) is 60.4 Å². The molecular formula is C18H27N3O3. The molecule has 132 valence electrons. The van der Waals surface area contributed by atoms with E-state index in [0.717, 1.165) is 18.8 Å². The summed E-state index contributed by atoms with van der Waals surface area (Å²) >= 11 is 0. The van der Waals surface area contributed by atoms with Crippen molar-refractivity contribution in [1.29, 1.82) is 0 Å². The van der Waals surface area contributed by atoms with Gasteiger partial charge in [0.1, 0.15) is 0 Å². The van der Waals surface area contributed by atoms with Crippen molar-refractivity contribution in [3.63, 3.8) is 0 Å². The van der Waals surface area contributed by atoms with E-state index in [2.05, 4.69) is 27.7 Å². The van der Waals surface area contributed by atoms with E-state index < -0.39 is 5.60 Å². The summed E-state index contributed by atoms with van der Waals surface area (Å²) in [6.45, 7) is 6.04. The largest absolute Gasteiger partial charge is 0.388 e. The normalized spacial score (nSPS) is 22.7. The lowest BCUT2D eigenvalue weighted by Crippen LogP contribution is -2.49. The molecule has 1 unspecified atom stereocenters. The predicted octanol–water partition coefficient (Wildman–Crippen LogP) is 0.960. The number of benzene rings is 1. The van der Waals surface area contributed by atoms with Crippen molar-refractivity contribution < 1.29 is 14.6 Å². The molecule has 2 aliphatic rings. The lowest BCUT2D eigenvalue weighted by Gasteiger charge is -2.38. The van der Waals surface area contributed by atoms with E-state index in [1.807, 2.05) is 19.1 Å². The SMILES string of the molecule is CC(Nc1cccc(CN2CCNC(=O)C2)c1)C1(O)CCOCC1. The van der Waals surface area contributed by atoms with Crippen LogP contribution in [-0.2, 0) is 16.1 Å². The van der Waals surface area contributed by atoms with Gasteiger partial charge in [0, 0.05) is 51.4 Å². The first-order chi connectivity index (χ1) is 11.5. The fourth-order valence-electron chi connectivity index (χ4n) is 3.39. The molecule has 1 aromatic carbocycles. The number of hydrogen-bond donors (Lipinski definition) is 3. The maximum absolute atomic E-state index is 11.5. The van der Waals surface area contributed by atoms with Crippen molar-refractivity contribution in [2.45, 2.75) is 38.0 Å². The molecule has 6 heteroatoms. The van der Waals surface area contributed by atoms with Gasteiger partial charge in [-0.1, -0.05) is 12.1 Å². The molecule has 2 aliphatic heterocycles. The summed E-state index contributed by atoms with van der Waals surface area (Å²) in [5, 5.41) is 17.0. The first-order valence-corrected chi connectivity index (χ1v) is 8.70. The molecule has 24 heavy (non-hydrogen) atoms. The number of carbonyl (C=O) groups excluding carboxylic acids is 1. The van der Waals surface area contributed by atoms with Crippen molar-refractivity contribution in [3.05, 3.63) is 29.8 Å². The Morgan fingerprint density at radius 2 is 2.21 bits per heavy atom. The molecule has 0 bridgehead atoms. The molecule has 3 rings (SSSR count). The molecule has 2 fully saturated rings. The molecule has 3 N–H and O–H groups in total. The third-order valence-corrected chi connectivity index (χ3v) is 5.00. The number of anilines is 1. The van der Waals surface area contributed by atoms with Gasteiger partial charge < -0.3 is 20.5 Å². The van der Waals surface area contributed by atoms with E-state index in [1.54, 1.807) is 0 Å². The second kappa shape index (κ2) is 7.51. The molecule has 1 atom stereocenters. The Labute approximate surface area is 143 Å². The Kier molecular flexibility index (Phi) is 5.38. The molecule has 2 heterocycles. The van der Waals surface area contributed by atoms with Crippen molar-refractivity contribution in [3.8, 4) is 0 Å². The van der Waals surface area contributed by atoms with Gasteiger partial charge in [0.15, 0.2) is 0 Å². The van der Waals surface area contributed by atoms with Crippen LogP contribution in [0.25, 0.3) is 0 Å². The Balaban J connectivity index is 1.61. The number of ether oxygens (including phenoxy) is 1. The Bertz CT molecular complexity index is 572. The molecule has 1 aromatic rings. The average molecular weight is 333 g/mol. The topological polar surface area (TPSA) is 73.8 Å². The van der Waals surface area contributed by atoms with E-state index in [9.17, 15) is 9.90 Å². The van der Waals surface area contributed by atoms with Crippen LogP contribution < -0.4 is 10.6 Å². The highest BCUT2D eigenvalue weighted by Crippen LogP contribution is 2.27. The first kappa shape index (κ1) is 17.2. The maximum atomic E-state index is 11.5. The van der Waals surface area contributed by atoms with Crippen molar-refractivity contribution in [2.24, 2.45) is 0 Å². The summed E-state index contributed by atoms with van der Waals surface area (Å²) in [6, 6.07) is 8.17. The highest BCUT2D eigenvalue weighted by molar-refractivity contribution is 5.78. The van der Waals surface area contributed by atoms with Gasteiger partial charge in [0.2, 0.25) is 5.91 Å². The fraction of sp³-hybridized carbons (Fsp3) is 0.611. The zero-order valence-corrected chi connectivity index (χ0v) is 14.3. The minimum absolute atomic E-state index is 0.0441. The van der Waals surface area contributed by atoms with E-state index >= 15 is 0 Å². The smallest absolute Gasteiger partial charge is 0.234 e. The Morgan fingerprint density at radius 1 is 1.42 bits per heavy atom. The summed E-state index contributed by atoms with van der Waals surface area (Å²) in [4.78, 5) is 13.6. The zero-order chi connectivity index (χ0) is 17.0.